The van der Waals surface area contributed by atoms with E-state index in [4.69, 9.17) is 4.74 Å². The minimum Gasteiger partial charge on any atom is -0.445 e. The first-order valence-corrected chi connectivity index (χ1v) is 16.2. The van der Waals surface area contributed by atoms with Crippen molar-refractivity contribution < 1.29 is 31.9 Å². The van der Waals surface area contributed by atoms with Crippen LogP contribution in [0.2, 0.25) is 0 Å². The molecular formula is C33H39FN4O6S. The van der Waals surface area contributed by atoms with Gasteiger partial charge in [0.05, 0.1) is 4.90 Å². The van der Waals surface area contributed by atoms with Crippen LogP contribution in [0, 0.1) is 11.7 Å². The van der Waals surface area contributed by atoms with Crippen LogP contribution in [0.15, 0.2) is 83.8 Å². The van der Waals surface area contributed by atoms with Crippen molar-refractivity contribution in [3.63, 3.8) is 0 Å². The Morgan fingerprint density at radius 3 is 2.16 bits per heavy atom. The Kier molecular flexibility index (Phi) is 10.9. The number of hydrogen-bond acceptors (Lipinski definition) is 6. The van der Waals surface area contributed by atoms with Crippen LogP contribution >= 0.6 is 0 Å². The van der Waals surface area contributed by atoms with Gasteiger partial charge in [-0.15, -0.1) is 0 Å². The fourth-order valence-corrected chi connectivity index (χ4v) is 6.40. The maximum atomic E-state index is 13.5. The number of amides is 3. The molecule has 0 unspecified atom stereocenters. The third kappa shape index (κ3) is 10.1. The molecule has 3 N–H and O–H groups in total. The number of nitrogens with zero attached hydrogens (tertiary/aromatic N) is 1. The van der Waals surface area contributed by atoms with Gasteiger partial charge in [0, 0.05) is 29.9 Å². The first kappa shape index (κ1) is 33.6. The first-order valence-electron chi connectivity index (χ1n) is 14.8. The summed E-state index contributed by atoms with van der Waals surface area (Å²) in [5.74, 6) is -1.49. The summed E-state index contributed by atoms with van der Waals surface area (Å²) in [6.45, 7) is 6.27. The lowest BCUT2D eigenvalue weighted by Gasteiger charge is -2.33. The van der Waals surface area contributed by atoms with Gasteiger partial charge in [-0.1, -0.05) is 30.3 Å². The van der Waals surface area contributed by atoms with Crippen LogP contribution in [0.5, 0.6) is 0 Å². The molecule has 1 aliphatic heterocycles. The fraction of sp³-hybridized carbons (Fsp3) is 0.364. The predicted octanol–water partition coefficient (Wildman–Crippen LogP) is 5.08. The molecule has 0 bridgehead atoms. The van der Waals surface area contributed by atoms with E-state index >= 15 is 0 Å². The molecule has 1 atom stereocenters. The Morgan fingerprint density at radius 1 is 0.933 bits per heavy atom. The highest BCUT2D eigenvalue weighted by molar-refractivity contribution is 7.89. The number of carbonyl (C=O) groups excluding carboxylic acids is 3. The zero-order valence-electron chi connectivity index (χ0n) is 25.6. The van der Waals surface area contributed by atoms with Gasteiger partial charge in [-0.05, 0) is 100 Å². The van der Waals surface area contributed by atoms with E-state index in [0.717, 1.165) is 5.56 Å². The van der Waals surface area contributed by atoms with E-state index in [1.54, 1.807) is 25.7 Å². The maximum absolute atomic E-state index is 13.5. The molecule has 1 heterocycles. The number of halogens is 1. The summed E-state index contributed by atoms with van der Waals surface area (Å²) in [6.07, 6.45) is 1.10. The molecule has 1 fully saturated rings. The SMILES string of the molecule is CC(C)(C)NS(=O)(=O)c1ccc(NC(=O)[C@H](CC2CCN(C(=O)OCc3ccccc3)CC2)NC(=O)c2ccc(F)cc2)cc1. The molecule has 1 saturated heterocycles. The lowest BCUT2D eigenvalue weighted by atomic mass is 9.89. The normalized spacial score (nSPS) is 14.8. The maximum Gasteiger partial charge on any atom is 0.410 e. The van der Waals surface area contributed by atoms with Crippen LogP contribution in [0.1, 0.15) is 56.0 Å². The molecule has 0 aliphatic carbocycles. The molecule has 3 aromatic rings. The summed E-state index contributed by atoms with van der Waals surface area (Å²) in [5.41, 5.74) is 0.780. The molecule has 12 heteroatoms. The van der Waals surface area contributed by atoms with Gasteiger partial charge >= 0.3 is 6.09 Å². The van der Waals surface area contributed by atoms with Crippen LogP contribution in [0.25, 0.3) is 0 Å². The van der Waals surface area contributed by atoms with Crippen LogP contribution in [0.4, 0.5) is 14.9 Å². The molecule has 45 heavy (non-hydrogen) atoms. The second-order valence-corrected chi connectivity index (χ2v) is 13.8. The van der Waals surface area contributed by atoms with Gasteiger partial charge in [0.2, 0.25) is 15.9 Å². The standard InChI is InChI=1S/C33H39FN4O6S/c1-33(2,3)37-45(42,43)28-15-13-27(14-16-28)35-31(40)29(36-30(39)25-9-11-26(34)12-10-25)21-23-17-19-38(20-18-23)32(41)44-22-24-7-5-4-6-8-24/h4-16,23,29,37H,17-22H2,1-3H3,(H,35,40)(H,36,39)/t29-/m0/s1. The summed E-state index contributed by atoms with van der Waals surface area (Å²) >= 11 is 0. The van der Waals surface area contributed by atoms with Crippen molar-refractivity contribution in [3.8, 4) is 0 Å². The number of hydrogen-bond donors (Lipinski definition) is 3. The monoisotopic (exact) mass is 638 g/mol. The molecule has 4 rings (SSSR count). The number of sulfonamides is 1. The van der Waals surface area contributed by atoms with Gasteiger partial charge in [-0.25, -0.2) is 22.3 Å². The molecule has 0 aromatic heterocycles. The molecule has 0 radical (unpaired) electrons. The summed E-state index contributed by atoms with van der Waals surface area (Å²) in [4.78, 5) is 40.8. The molecule has 0 saturated carbocycles. The van der Waals surface area contributed by atoms with Crippen molar-refractivity contribution in [2.24, 2.45) is 5.92 Å². The minimum absolute atomic E-state index is 0.0171. The molecule has 0 spiro atoms. The van der Waals surface area contributed by atoms with Gasteiger partial charge in [-0.2, -0.15) is 0 Å². The summed E-state index contributed by atoms with van der Waals surface area (Å²) < 4.78 is 46.8. The average molecular weight is 639 g/mol. The highest BCUT2D eigenvalue weighted by Crippen LogP contribution is 2.24. The number of ether oxygens (including phenoxy) is 1. The van der Waals surface area contributed by atoms with Crippen molar-refractivity contribution in [1.29, 1.82) is 0 Å². The first-order chi connectivity index (χ1) is 21.3. The van der Waals surface area contributed by atoms with E-state index in [0.29, 0.717) is 38.0 Å². The molecule has 10 nitrogen and oxygen atoms in total. The quantitative estimate of drug-likeness (QED) is 0.284. The topological polar surface area (TPSA) is 134 Å². The van der Waals surface area contributed by atoms with Gasteiger partial charge in [0.25, 0.3) is 5.91 Å². The number of nitrogens with one attached hydrogen (secondary N) is 3. The predicted molar refractivity (Wildman–Crippen MR) is 168 cm³/mol. The molecular weight excluding hydrogens is 599 g/mol. The number of piperidine rings is 1. The Labute approximate surface area is 263 Å². The lowest BCUT2D eigenvalue weighted by molar-refractivity contribution is -0.118. The number of rotatable bonds is 10. The second-order valence-electron chi connectivity index (χ2n) is 12.1. The zero-order chi connectivity index (χ0) is 32.6. The van der Waals surface area contributed by atoms with Gasteiger partial charge in [0.1, 0.15) is 18.5 Å². The Balaban J connectivity index is 1.40. The Bertz CT molecular complexity index is 1570. The van der Waals surface area contributed by atoms with Gasteiger partial charge < -0.3 is 20.3 Å². The van der Waals surface area contributed by atoms with E-state index in [2.05, 4.69) is 15.4 Å². The Hall–Kier alpha value is -4.29. The van der Waals surface area contributed by atoms with Crippen molar-refractivity contribution in [3.05, 3.63) is 95.8 Å². The number of likely N-dealkylation sites (tertiary alicyclic amines) is 1. The highest BCUT2D eigenvalue weighted by atomic mass is 32.2. The summed E-state index contributed by atoms with van der Waals surface area (Å²) in [7, 11) is -3.76. The Morgan fingerprint density at radius 2 is 1.56 bits per heavy atom. The van der Waals surface area contributed by atoms with E-state index in [1.165, 1.54) is 48.5 Å². The van der Waals surface area contributed by atoms with Crippen molar-refractivity contribution in [2.75, 3.05) is 18.4 Å². The smallest absolute Gasteiger partial charge is 0.410 e. The molecule has 240 valence electrons. The fourth-order valence-electron chi connectivity index (χ4n) is 4.98. The van der Waals surface area contributed by atoms with E-state index in [9.17, 15) is 27.2 Å². The average Bonchev–Trinajstić information content (AvgIpc) is 3.00. The van der Waals surface area contributed by atoms with E-state index in [-0.39, 0.29) is 23.0 Å². The van der Waals surface area contributed by atoms with Crippen molar-refractivity contribution in [1.82, 2.24) is 14.9 Å². The number of carbonyl (C=O) groups is 3. The second kappa shape index (κ2) is 14.7. The largest absolute Gasteiger partial charge is 0.445 e. The third-order valence-electron chi connectivity index (χ3n) is 7.25. The highest BCUT2D eigenvalue weighted by Gasteiger charge is 2.30. The van der Waals surface area contributed by atoms with E-state index in [1.807, 2.05) is 30.3 Å². The number of anilines is 1. The summed E-state index contributed by atoms with van der Waals surface area (Å²) in [6, 6.07) is 19.2. The van der Waals surface area contributed by atoms with Crippen LogP contribution < -0.4 is 15.4 Å². The van der Waals surface area contributed by atoms with Gasteiger partial charge in [-0.3, -0.25) is 9.59 Å². The van der Waals surface area contributed by atoms with Crippen LogP contribution in [-0.2, 0) is 26.2 Å². The van der Waals surface area contributed by atoms with Crippen LogP contribution in [0.3, 0.4) is 0 Å². The van der Waals surface area contributed by atoms with Gasteiger partial charge in [0.15, 0.2) is 0 Å². The van der Waals surface area contributed by atoms with Crippen LogP contribution in [-0.4, -0.2) is 55.9 Å². The minimum atomic E-state index is -3.76. The lowest BCUT2D eigenvalue weighted by Crippen LogP contribution is -2.46. The third-order valence-corrected chi connectivity index (χ3v) is 9.02. The van der Waals surface area contributed by atoms with Crippen molar-refractivity contribution in [2.45, 2.75) is 63.1 Å². The van der Waals surface area contributed by atoms with Crippen molar-refractivity contribution >= 4 is 33.6 Å². The molecule has 3 aromatic carbocycles. The zero-order valence-corrected chi connectivity index (χ0v) is 26.4. The number of benzene rings is 3. The summed E-state index contributed by atoms with van der Waals surface area (Å²) in [5, 5.41) is 5.54. The molecule has 1 aliphatic rings. The van der Waals surface area contributed by atoms with E-state index < -0.39 is 45.3 Å². The molecule has 3 amide bonds.